The zero-order valence-electron chi connectivity index (χ0n) is 15.3. The van der Waals surface area contributed by atoms with Gasteiger partial charge in [-0.1, -0.05) is 44.4 Å². The van der Waals surface area contributed by atoms with Gasteiger partial charge < -0.3 is 9.64 Å². The Bertz CT molecular complexity index is 719. The van der Waals surface area contributed by atoms with Gasteiger partial charge in [-0.3, -0.25) is 0 Å². The van der Waals surface area contributed by atoms with E-state index in [0.29, 0.717) is 12.3 Å². The first-order chi connectivity index (χ1) is 12.3. The maximum Gasteiger partial charge on any atom is 0.421 e. The van der Waals surface area contributed by atoms with Crippen molar-refractivity contribution in [3.05, 3.63) is 41.6 Å². The first-order valence-electron chi connectivity index (χ1n) is 8.71. The van der Waals surface area contributed by atoms with E-state index in [-0.39, 0.29) is 11.8 Å². The van der Waals surface area contributed by atoms with E-state index in [2.05, 4.69) is 16.9 Å². The molecule has 26 heavy (non-hydrogen) atoms. The van der Waals surface area contributed by atoms with Gasteiger partial charge in [0.2, 0.25) is 0 Å². The van der Waals surface area contributed by atoms with E-state index in [1.807, 2.05) is 19.1 Å². The summed E-state index contributed by atoms with van der Waals surface area (Å²) in [5.74, 6) is -0.217. The molecule has 0 bridgehead atoms. The SMILES string of the molecule is CCCCCCOc1ncc(C(F)(F)F)c(N(C)c2ccccc2C)n1. The van der Waals surface area contributed by atoms with Crippen molar-refractivity contribution in [3.63, 3.8) is 0 Å². The Morgan fingerprint density at radius 1 is 1.12 bits per heavy atom. The van der Waals surface area contributed by atoms with Crippen molar-refractivity contribution in [2.75, 3.05) is 18.6 Å². The number of benzene rings is 1. The number of unbranched alkanes of at least 4 members (excludes halogenated alkanes) is 3. The second kappa shape index (κ2) is 8.87. The van der Waals surface area contributed by atoms with E-state index in [4.69, 9.17) is 4.74 Å². The van der Waals surface area contributed by atoms with E-state index in [1.165, 1.54) is 4.90 Å². The highest BCUT2D eigenvalue weighted by Gasteiger charge is 2.37. The summed E-state index contributed by atoms with van der Waals surface area (Å²) < 4.78 is 45.7. The van der Waals surface area contributed by atoms with Crippen LogP contribution >= 0.6 is 0 Å². The van der Waals surface area contributed by atoms with Crippen molar-refractivity contribution in [2.45, 2.75) is 45.7 Å². The molecule has 0 radical (unpaired) electrons. The number of aromatic nitrogens is 2. The second-order valence-corrected chi connectivity index (χ2v) is 6.14. The summed E-state index contributed by atoms with van der Waals surface area (Å²) in [6.07, 6.45) is 0.263. The summed E-state index contributed by atoms with van der Waals surface area (Å²) in [6, 6.07) is 7.17. The molecule has 0 aliphatic carbocycles. The molecular weight excluding hydrogens is 343 g/mol. The highest BCUT2D eigenvalue weighted by atomic mass is 19.4. The summed E-state index contributed by atoms with van der Waals surface area (Å²) in [5, 5.41) is 0. The fraction of sp³-hybridized carbons (Fsp3) is 0.474. The Labute approximate surface area is 152 Å². The molecule has 0 atom stereocenters. The molecule has 0 aliphatic rings. The Morgan fingerprint density at radius 2 is 1.85 bits per heavy atom. The minimum Gasteiger partial charge on any atom is -0.463 e. The van der Waals surface area contributed by atoms with Gasteiger partial charge in [0, 0.05) is 18.9 Å². The molecule has 0 aliphatic heterocycles. The molecule has 0 unspecified atom stereocenters. The van der Waals surface area contributed by atoms with Crippen LogP contribution in [0.15, 0.2) is 30.5 Å². The van der Waals surface area contributed by atoms with Gasteiger partial charge in [-0.25, -0.2) is 4.98 Å². The minimum atomic E-state index is -4.55. The van der Waals surface area contributed by atoms with Gasteiger partial charge >= 0.3 is 12.2 Å². The van der Waals surface area contributed by atoms with Crippen LogP contribution in [0.5, 0.6) is 6.01 Å². The Kier molecular flexibility index (Phi) is 6.83. The zero-order chi connectivity index (χ0) is 19.2. The molecule has 2 aromatic rings. The fourth-order valence-corrected chi connectivity index (χ4v) is 2.63. The Balaban J connectivity index is 2.28. The molecule has 0 amide bonds. The number of alkyl halides is 3. The van der Waals surface area contributed by atoms with Gasteiger partial charge in [-0.15, -0.1) is 0 Å². The number of rotatable bonds is 8. The van der Waals surface area contributed by atoms with Crippen LogP contribution in [0.4, 0.5) is 24.7 Å². The molecule has 0 fully saturated rings. The zero-order valence-corrected chi connectivity index (χ0v) is 15.3. The van der Waals surface area contributed by atoms with Gasteiger partial charge in [0.1, 0.15) is 5.56 Å². The van der Waals surface area contributed by atoms with E-state index in [9.17, 15) is 13.2 Å². The van der Waals surface area contributed by atoms with Crippen LogP contribution < -0.4 is 9.64 Å². The molecule has 1 heterocycles. The second-order valence-electron chi connectivity index (χ2n) is 6.14. The van der Waals surface area contributed by atoms with Crippen molar-refractivity contribution in [2.24, 2.45) is 0 Å². The van der Waals surface area contributed by atoms with E-state index < -0.39 is 11.7 Å². The quantitative estimate of drug-likeness (QED) is 0.575. The molecule has 2 rings (SSSR count). The van der Waals surface area contributed by atoms with Crippen molar-refractivity contribution in [1.82, 2.24) is 9.97 Å². The molecule has 1 aromatic heterocycles. The topological polar surface area (TPSA) is 38.2 Å². The number of hydrogen-bond donors (Lipinski definition) is 0. The number of hydrogen-bond acceptors (Lipinski definition) is 4. The standard InChI is InChI=1S/C19H24F3N3O/c1-4-5-6-9-12-26-18-23-13-15(19(20,21)22)17(24-18)25(3)16-11-8-7-10-14(16)2/h7-8,10-11,13H,4-6,9,12H2,1-3H3. The van der Waals surface area contributed by atoms with E-state index in [0.717, 1.165) is 37.4 Å². The van der Waals surface area contributed by atoms with E-state index in [1.54, 1.807) is 19.2 Å². The lowest BCUT2D eigenvalue weighted by molar-refractivity contribution is -0.137. The van der Waals surface area contributed by atoms with Crippen LogP contribution in [0.3, 0.4) is 0 Å². The third kappa shape index (κ3) is 5.09. The lowest BCUT2D eigenvalue weighted by Gasteiger charge is -2.24. The summed E-state index contributed by atoms with van der Waals surface area (Å²) >= 11 is 0. The largest absolute Gasteiger partial charge is 0.463 e. The van der Waals surface area contributed by atoms with Crippen molar-refractivity contribution >= 4 is 11.5 Å². The number of para-hydroxylation sites is 1. The van der Waals surface area contributed by atoms with Crippen LogP contribution in [0.2, 0.25) is 0 Å². The third-order valence-corrected chi connectivity index (χ3v) is 4.08. The minimum absolute atomic E-state index is 0.0371. The molecular formula is C19H24F3N3O. The first kappa shape index (κ1) is 20.0. The van der Waals surface area contributed by atoms with Gasteiger partial charge in [0.15, 0.2) is 5.82 Å². The highest BCUT2D eigenvalue weighted by molar-refractivity contribution is 5.65. The molecule has 7 heteroatoms. The van der Waals surface area contributed by atoms with Crippen molar-refractivity contribution < 1.29 is 17.9 Å². The molecule has 0 saturated carbocycles. The predicted molar refractivity (Wildman–Crippen MR) is 95.9 cm³/mol. The van der Waals surface area contributed by atoms with Gasteiger partial charge in [-0.05, 0) is 25.0 Å². The van der Waals surface area contributed by atoms with Crippen molar-refractivity contribution in [1.29, 1.82) is 0 Å². The number of halogens is 3. The van der Waals surface area contributed by atoms with Crippen LogP contribution in [0.1, 0.15) is 43.7 Å². The Morgan fingerprint density at radius 3 is 2.50 bits per heavy atom. The lowest BCUT2D eigenvalue weighted by atomic mass is 10.1. The molecule has 1 aromatic carbocycles. The molecule has 142 valence electrons. The number of anilines is 2. The maximum absolute atomic E-state index is 13.4. The summed E-state index contributed by atoms with van der Waals surface area (Å²) in [5.41, 5.74) is 0.607. The highest BCUT2D eigenvalue weighted by Crippen LogP contribution is 2.38. The van der Waals surface area contributed by atoms with Gasteiger partial charge in [0.05, 0.1) is 6.61 Å². The van der Waals surface area contributed by atoms with E-state index >= 15 is 0 Å². The van der Waals surface area contributed by atoms with Crippen LogP contribution in [-0.2, 0) is 6.18 Å². The predicted octanol–water partition coefficient (Wildman–Crippen LogP) is 5.53. The van der Waals surface area contributed by atoms with Gasteiger partial charge in [-0.2, -0.15) is 18.2 Å². The lowest BCUT2D eigenvalue weighted by Crippen LogP contribution is -2.20. The summed E-state index contributed by atoms with van der Waals surface area (Å²) in [4.78, 5) is 9.21. The smallest absolute Gasteiger partial charge is 0.421 e. The average molecular weight is 367 g/mol. The molecule has 0 N–H and O–H groups in total. The molecule has 0 saturated heterocycles. The van der Waals surface area contributed by atoms with Crippen LogP contribution in [-0.4, -0.2) is 23.6 Å². The Hall–Kier alpha value is -2.31. The number of ether oxygens (including phenoxy) is 1. The molecule has 4 nitrogen and oxygen atoms in total. The third-order valence-electron chi connectivity index (χ3n) is 4.08. The summed E-state index contributed by atoms with van der Waals surface area (Å²) in [7, 11) is 1.56. The normalized spacial score (nSPS) is 11.5. The fourth-order valence-electron chi connectivity index (χ4n) is 2.63. The maximum atomic E-state index is 13.4. The van der Waals surface area contributed by atoms with Crippen LogP contribution in [0, 0.1) is 6.92 Å². The number of aryl methyl sites for hydroxylation is 1. The molecule has 0 spiro atoms. The monoisotopic (exact) mass is 367 g/mol. The van der Waals surface area contributed by atoms with Gasteiger partial charge in [0.25, 0.3) is 0 Å². The summed E-state index contributed by atoms with van der Waals surface area (Å²) in [6.45, 7) is 4.33. The van der Waals surface area contributed by atoms with Crippen LogP contribution in [0.25, 0.3) is 0 Å². The average Bonchev–Trinajstić information content (AvgIpc) is 2.60. The first-order valence-corrected chi connectivity index (χ1v) is 8.71. The number of nitrogens with zero attached hydrogens (tertiary/aromatic N) is 3. The van der Waals surface area contributed by atoms with Crippen molar-refractivity contribution in [3.8, 4) is 6.01 Å².